The highest BCUT2D eigenvalue weighted by Gasteiger charge is 2.47. The minimum Gasteiger partial charge on any atom is -0.378 e. The Morgan fingerprint density at radius 2 is 1.77 bits per heavy atom. The van der Waals surface area contributed by atoms with Crippen LogP contribution in [0.25, 0.3) is 0 Å². The van der Waals surface area contributed by atoms with E-state index in [0.29, 0.717) is 11.5 Å². The Balaban J connectivity index is 1.65. The summed E-state index contributed by atoms with van der Waals surface area (Å²) in [4.78, 5) is 26.6. The van der Waals surface area contributed by atoms with Crippen molar-refractivity contribution in [3.8, 4) is 0 Å². The lowest BCUT2D eigenvalue weighted by molar-refractivity contribution is -0.117. The van der Waals surface area contributed by atoms with Crippen molar-refractivity contribution in [3.63, 3.8) is 0 Å². The SMILES string of the molecule is CC(=O)N1c2ccc(F)cc2[C@H](Nc2ccc(C(=O)NC(C)C)cc2)[C@@H](C)[C@H]1C1CC1. The molecule has 0 saturated heterocycles. The first-order chi connectivity index (χ1) is 14.8. The number of hydrogen-bond donors (Lipinski definition) is 2. The van der Waals surface area contributed by atoms with Crippen LogP contribution >= 0.6 is 0 Å². The van der Waals surface area contributed by atoms with E-state index in [1.165, 1.54) is 12.1 Å². The van der Waals surface area contributed by atoms with Gasteiger partial charge in [0.2, 0.25) is 5.91 Å². The Hall–Kier alpha value is -2.89. The van der Waals surface area contributed by atoms with Gasteiger partial charge in [0.15, 0.2) is 0 Å². The predicted octanol–water partition coefficient (Wildman–Crippen LogP) is 4.90. The average molecular weight is 424 g/mol. The molecule has 2 aromatic rings. The normalized spacial score (nSPS) is 22.8. The Bertz CT molecular complexity index is 985. The van der Waals surface area contributed by atoms with Crippen molar-refractivity contribution in [1.82, 2.24) is 5.32 Å². The van der Waals surface area contributed by atoms with Crippen LogP contribution in [0.15, 0.2) is 42.5 Å². The number of carbonyl (C=O) groups is 2. The maximum atomic E-state index is 14.2. The fourth-order valence-electron chi connectivity index (χ4n) is 4.78. The summed E-state index contributed by atoms with van der Waals surface area (Å²) in [6.07, 6.45) is 2.23. The van der Waals surface area contributed by atoms with E-state index >= 15 is 0 Å². The molecule has 0 spiro atoms. The van der Waals surface area contributed by atoms with Crippen LogP contribution in [-0.2, 0) is 4.79 Å². The number of rotatable bonds is 5. The minimum atomic E-state index is -0.313. The monoisotopic (exact) mass is 423 g/mol. The maximum absolute atomic E-state index is 14.2. The van der Waals surface area contributed by atoms with E-state index in [9.17, 15) is 14.0 Å². The van der Waals surface area contributed by atoms with Crippen LogP contribution in [0.4, 0.5) is 15.8 Å². The van der Waals surface area contributed by atoms with Gasteiger partial charge in [-0.05, 0) is 75.1 Å². The fraction of sp³-hybridized carbons (Fsp3) is 0.440. The van der Waals surface area contributed by atoms with Crippen LogP contribution < -0.4 is 15.5 Å². The molecule has 3 atom stereocenters. The zero-order valence-electron chi connectivity index (χ0n) is 18.5. The van der Waals surface area contributed by atoms with Crippen LogP contribution in [0.3, 0.4) is 0 Å². The Kier molecular flexibility index (Phi) is 5.73. The molecule has 164 valence electrons. The number of amides is 2. The summed E-state index contributed by atoms with van der Waals surface area (Å²) in [6.45, 7) is 7.57. The van der Waals surface area contributed by atoms with Crippen LogP contribution in [-0.4, -0.2) is 23.9 Å². The Labute approximate surface area is 183 Å². The zero-order valence-corrected chi connectivity index (χ0v) is 18.5. The second-order valence-corrected chi connectivity index (χ2v) is 9.11. The molecule has 4 rings (SSSR count). The fourth-order valence-corrected chi connectivity index (χ4v) is 4.78. The average Bonchev–Trinajstić information content (AvgIpc) is 3.54. The second kappa shape index (κ2) is 8.33. The molecule has 0 unspecified atom stereocenters. The molecule has 5 nitrogen and oxygen atoms in total. The van der Waals surface area contributed by atoms with Gasteiger partial charge in [-0.15, -0.1) is 0 Å². The van der Waals surface area contributed by atoms with Crippen molar-refractivity contribution in [1.29, 1.82) is 0 Å². The van der Waals surface area contributed by atoms with Crippen LogP contribution in [0.2, 0.25) is 0 Å². The molecule has 0 radical (unpaired) electrons. The lowest BCUT2D eigenvalue weighted by Gasteiger charge is -2.46. The summed E-state index contributed by atoms with van der Waals surface area (Å²) >= 11 is 0. The van der Waals surface area contributed by atoms with E-state index < -0.39 is 0 Å². The highest BCUT2D eigenvalue weighted by atomic mass is 19.1. The summed E-state index contributed by atoms with van der Waals surface area (Å²) in [7, 11) is 0. The predicted molar refractivity (Wildman–Crippen MR) is 121 cm³/mol. The van der Waals surface area contributed by atoms with E-state index in [1.807, 2.05) is 30.9 Å². The summed E-state index contributed by atoms with van der Waals surface area (Å²) in [6, 6.07) is 12.0. The molecular formula is C25H30FN3O2. The molecule has 2 aromatic carbocycles. The maximum Gasteiger partial charge on any atom is 0.251 e. The van der Waals surface area contributed by atoms with Gasteiger partial charge in [-0.25, -0.2) is 4.39 Å². The third-order valence-electron chi connectivity index (χ3n) is 6.28. The van der Waals surface area contributed by atoms with Gasteiger partial charge >= 0.3 is 0 Å². The summed E-state index contributed by atoms with van der Waals surface area (Å²) in [5, 5.41) is 6.45. The molecule has 1 saturated carbocycles. The van der Waals surface area contributed by atoms with Crippen molar-refractivity contribution in [2.24, 2.45) is 11.8 Å². The number of nitrogens with one attached hydrogen (secondary N) is 2. The molecule has 0 bridgehead atoms. The molecule has 2 N–H and O–H groups in total. The number of halogens is 1. The van der Waals surface area contributed by atoms with Gasteiger partial charge in [0.05, 0.1) is 6.04 Å². The first-order valence-corrected chi connectivity index (χ1v) is 11.0. The van der Waals surface area contributed by atoms with Crippen molar-refractivity contribution < 1.29 is 14.0 Å². The van der Waals surface area contributed by atoms with Gasteiger partial charge in [0, 0.05) is 47.4 Å². The number of hydrogen-bond acceptors (Lipinski definition) is 3. The lowest BCUT2D eigenvalue weighted by atomic mass is 9.79. The molecule has 1 aliphatic heterocycles. The second-order valence-electron chi connectivity index (χ2n) is 9.11. The van der Waals surface area contributed by atoms with E-state index in [2.05, 4.69) is 17.6 Å². The standard InChI is InChI=1S/C25H30FN3O2/c1-14(2)27-25(31)18-7-10-20(11-8-18)28-23-15(3)24(17-5-6-17)29(16(4)30)22-12-9-19(26)13-21(22)23/h7-15,17,23-24,28H,5-6H2,1-4H3,(H,27,31)/t15-,23-,24+/m1/s1. The van der Waals surface area contributed by atoms with E-state index in [1.54, 1.807) is 25.1 Å². The molecule has 2 aliphatic rings. The first kappa shape index (κ1) is 21.3. The third-order valence-corrected chi connectivity index (χ3v) is 6.28. The zero-order chi connectivity index (χ0) is 22.3. The van der Waals surface area contributed by atoms with Gasteiger partial charge in [-0.3, -0.25) is 9.59 Å². The summed E-state index contributed by atoms with van der Waals surface area (Å²) < 4.78 is 14.2. The smallest absolute Gasteiger partial charge is 0.251 e. The Morgan fingerprint density at radius 3 is 2.35 bits per heavy atom. The van der Waals surface area contributed by atoms with Crippen molar-refractivity contribution in [3.05, 3.63) is 59.4 Å². The number of anilines is 2. The molecule has 1 aliphatic carbocycles. The van der Waals surface area contributed by atoms with Gasteiger partial charge in [-0.1, -0.05) is 6.92 Å². The molecule has 1 heterocycles. The molecular weight excluding hydrogens is 393 g/mol. The highest BCUT2D eigenvalue weighted by molar-refractivity contribution is 5.95. The van der Waals surface area contributed by atoms with Gasteiger partial charge in [0.1, 0.15) is 5.82 Å². The van der Waals surface area contributed by atoms with Gasteiger partial charge in [-0.2, -0.15) is 0 Å². The first-order valence-electron chi connectivity index (χ1n) is 11.0. The van der Waals surface area contributed by atoms with Gasteiger partial charge in [0.25, 0.3) is 5.91 Å². The highest BCUT2D eigenvalue weighted by Crippen LogP contribution is 2.50. The van der Waals surface area contributed by atoms with Crippen molar-refractivity contribution >= 4 is 23.2 Å². The minimum absolute atomic E-state index is 0.00410. The largest absolute Gasteiger partial charge is 0.378 e. The van der Waals surface area contributed by atoms with Crippen LogP contribution in [0.5, 0.6) is 0 Å². The summed E-state index contributed by atoms with van der Waals surface area (Å²) in [5.41, 5.74) is 3.04. The number of carbonyl (C=O) groups excluding carboxylic acids is 2. The van der Waals surface area contributed by atoms with Crippen molar-refractivity contribution in [2.45, 2.75) is 58.7 Å². The number of fused-ring (bicyclic) bond motifs is 1. The molecule has 6 heteroatoms. The van der Waals surface area contributed by atoms with E-state index in [0.717, 1.165) is 29.8 Å². The lowest BCUT2D eigenvalue weighted by Crippen LogP contribution is -2.51. The molecule has 0 aromatic heterocycles. The van der Waals surface area contributed by atoms with Gasteiger partial charge < -0.3 is 15.5 Å². The third kappa shape index (κ3) is 4.29. The van der Waals surface area contributed by atoms with E-state index in [-0.39, 0.29) is 41.7 Å². The topological polar surface area (TPSA) is 61.4 Å². The number of nitrogens with zero attached hydrogens (tertiary/aromatic N) is 1. The van der Waals surface area contributed by atoms with E-state index in [4.69, 9.17) is 0 Å². The van der Waals surface area contributed by atoms with Crippen LogP contribution in [0, 0.1) is 17.7 Å². The molecule has 2 amide bonds. The number of benzene rings is 2. The van der Waals surface area contributed by atoms with Crippen LogP contribution in [0.1, 0.15) is 62.5 Å². The Morgan fingerprint density at radius 1 is 1.10 bits per heavy atom. The molecule has 31 heavy (non-hydrogen) atoms. The molecule has 1 fully saturated rings. The summed E-state index contributed by atoms with van der Waals surface area (Å²) in [5.74, 6) is 0.159. The quantitative estimate of drug-likeness (QED) is 0.719. The van der Waals surface area contributed by atoms with Crippen molar-refractivity contribution in [2.75, 3.05) is 10.2 Å².